The number of hydrogen-bond donors (Lipinski definition) is 1. The summed E-state index contributed by atoms with van der Waals surface area (Å²) in [5.74, 6) is 1.71. The molecule has 1 rings (SSSR count). The normalized spacial score (nSPS) is 11.4. The molecule has 1 aromatic carbocycles. The van der Waals surface area contributed by atoms with Crippen molar-refractivity contribution in [2.45, 2.75) is 26.7 Å². The summed E-state index contributed by atoms with van der Waals surface area (Å²) >= 11 is 0. The fourth-order valence-corrected chi connectivity index (χ4v) is 1.99. The van der Waals surface area contributed by atoms with Gasteiger partial charge >= 0.3 is 0 Å². The summed E-state index contributed by atoms with van der Waals surface area (Å²) in [5, 5.41) is 0. The molecule has 0 saturated heterocycles. The van der Waals surface area contributed by atoms with Crippen LogP contribution in [0.5, 0.6) is 11.5 Å². The van der Waals surface area contributed by atoms with Gasteiger partial charge in [0.05, 0.1) is 14.2 Å². The molecule has 0 heterocycles. The quantitative estimate of drug-likeness (QED) is 0.827. The molecule has 3 nitrogen and oxygen atoms in total. The number of hydrogen-bond acceptors (Lipinski definition) is 3. The molecule has 0 spiro atoms. The molecule has 1 aromatic rings. The van der Waals surface area contributed by atoms with E-state index in [2.05, 4.69) is 19.9 Å². The summed E-state index contributed by atoms with van der Waals surface area (Å²) in [4.78, 5) is 0. The highest BCUT2D eigenvalue weighted by atomic mass is 16.5. The van der Waals surface area contributed by atoms with Crippen LogP contribution in [0, 0.1) is 5.41 Å². The van der Waals surface area contributed by atoms with Crippen molar-refractivity contribution in [3.05, 3.63) is 23.8 Å². The van der Waals surface area contributed by atoms with E-state index in [1.165, 1.54) is 5.56 Å². The molecule has 0 amide bonds. The summed E-state index contributed by atoms with van der Waals surface area (Å²) in [6, 6.07) is 5.96. The molecule has 0 aliphatic rings. The molecule has 0 atom stereocenters. The first-order chi connectivity index (χ1) is 8.02. The SMILES string of the molecule is COc1ccc(CC(C)(C)CCN)c(OC)c1. The summed E-state index contributed by atoms with van der Waals surface area (Å²) in [5.41, 5.74) is 7.03. The maximum Gasteiger partial charge on any atom is 0.125 e. The zero-order chi connectivity index (χ0) is 12.9. The van der Waals surface area contributed by atoms with Crippen LogP contribution in [0.15, 0.2) is 18.2 Å². The van der Waals surface area contributed by atoms with E-state index in [4.69, 9.17) is 15.2 Å². The minimum Gasteiger partial charge on any atom is -0.497 e. The van der Waals surface area contributed by atoms with Gasteiger partial charge in [0.25, 0.3) is 0 Å². The minimum absolute atomic E-state index is 0.191. The minimum atomic E-state index is 0.191. The van der Waals surface area contributed by atoms with Crippen LogP contribution in [0.3, 0.4) is 0 Å². The Balaban J connectivity index is 2.90. The second kappa shape index (κ2) is 5.92. The molecule has 3 heteroatoms. The van der Waals surface area contributed by atoms with Gasteiger partial charge in [-0.05, 0) is 36.4 Å². The maximum absolute atomic E-state index is 5.63. The predicted octanol–water partition coefficient (Wildman–Crippen LogP) is 2.62. The number of methoxy groups -OCH3 is 2. The summed E-state index contributed by atoms with van der Waals surface area (Å²) in [6.45, 7) is 5.17. The lowest BCUT2D eigenvalue weighted by atomic mass is 9.82. The predicted molar refractivity (Wildman–Crippen MR) is 70.7 cm³/mol. The molecule has 0 saturated carbocycles. The zero-order valence-corrected chi connectivity index (χ0v) is 11.2. The van der Waals surface area contributed by atoms with Gasteiger partial charge in [-0.2, -0.15) is 0 Å². The Morgan fingerprint density at radius 1 is 1.18 bits per heavy atom. The van der Waals surface area contributed by atoms with E-state index < -0.39 is 0 Å². The molecule has 0 aromatic heterocycles. The van der Waals surface area contributed by atoms with E-state index in [-0.39, 0.29) is 5.41 Å². The lowest BCUT2D eigenvalue weighted by molar-refractivity contribution is 0.327. The second-order valence-corrected chi connectivity index (χ2v) is 5.06. The van der Waals surface area contributed by atoms with Gasteiger partial charge in [-0.1, -0.05) is 19.9 Å². The van der Waals surface area contributed by atoms with Gasteiger partial charge in [0.1, 0.15) is 11.5 Å². The van der Waals surface area contributed by atoms with Gasteiger partial charge in [-0.3, -0.25) is 0 Å². The Labute approximate surface area is 104 Å². The third-order valence-corrected chi connectivity index (χ3v) is 2.98. The molecule has 0 fully saturated rings. The molecule has 0 aliphatic heterocycles. The summed E-state index contributed by atoms with van der Waals surface area (Å²) in [7, 11) is 3.35. The molecule has 96 valence electrons. The van der Waals surface area contributed by atoms with E-state index in [1.807, 2.05) is 12.1 Å². The van der Waals surface area contributed by atoms with Crippen LogP contribution in [0.2, 0.25) is 0 Å². The van der Waals surface area contributed by atoms with E-state index in [0.29, 0.717) is 6.54 Å². The van der Waals surface area contributed by atoms with Gasteiger partial charge < -0.3 is 15.2 Å². The number of ether oxygens (including phenoxy) is 2. The van der Waals surface area contributed by atoms with Gasteiger partial charge in [0.15, 0.2) is 0 Å². The number of rotatable bonds is 6. The first kappa shape index (κ1) is 13.8. The topological polar surface area (TPSA) is 44.5 Å². The van der Waals surface area contributed by atoms with Crippen molar-refractivity contribution in [3.63, 3.8) is 0 Å². The largest absolute Gasteiger partial charge is 0.497 e. The van der Waals surface area contributed by atoms with E-state index in [1.54, 1.807) is 14.2 Å². The van der Waals surface area contributed by atoms with E-state index >= 15 is 0 Å². The van der Waals surface area contributed by atoms with E-state index in [9.17, 15) is 0 Å². The van der Waals surface area contributed by atoms with Gasteiger partial charge in [0, 0.05) is 6.07 Å². The van der Waals surface area contributed by atoms with Crippen LogP contribution in [-0.2, 0) is 6.42 Å². The van der Waals surface area contributed by atoms with Crippen molar-refractivity contribution in [2.24, 2.45) is 11.1 Å². The third kappa shape index (κ3) is 3.93. The Hall–Kier alpha value is -1.22. The number of nitrogens with two attached hydrogens (primary N) is 1. The molecule has 0 radical (unpaired) electrons. The monoisotopic (exact) mass is 237 g/mol. The van der Waals surface area contributed by atoms with Crippen molar-refractivity contribution in [2.75, 3.05) is 20.8 Å². The average molecular weight is 237 g/mol. The molecule has 0 bridgehead atoms. The summed E-state index contributed by atoms with van der Waals surface area (Å²) in [6.07, 6.45) is 1.96. The Bertz CT molecular complexity index is 361. The van der Waals surface area contributed by atoms with Crippen molar-refractivity contribution < 1.29 is 9.47 Å². The summed E-state index contributed by atoms with van der Waals surface area (Å²) < 4.78 is 10.6. The van der Waals surface area contributed by atoms with Crippen molar-refractivity contribution in [1.29, 1.82) is 0 Å². The van der Waals surface area contributed by atoms with Crippen LogP contribution in [0.1, 0.15) is 25.8 Å². The van der Waals surface area contributed by atoms with Crippen LogP contribution >= 0.6 is 0 Å². The Morgan fingerprint density at radius 2 is 1.88 bits per heavy atom. The zero-order valence-electron chi connectivity index (χ0n) is 11.2. The molecular formula is C14H23NO2. The molecule has 0 aliphatic carbocycles. The highest BCUT2D eigenvalue weighted by molar-refractivity contribution is 5.41. The first-order valence-corrected chi connectivity index (χ1v) is 5.93. The van der Waals surface area contributed by atoms with Crippen LogP contribution in [-0.4, -0.2) is 20.8 Å². The van der Waals surface area contributed by atoms with Crippen LogP contribution in [0.4, 0.5) is 0 Å². The number of benzene rings is 1. The smallest absolute Gasteiger partial charge is 0.125 e. The lowest BCUT2D eigenvalue weighted by Gasteiger charge is -2.25. The first-order valence-electron chi connectivity index (χ1n) is 5.93. The molecular weight excluding hydrogens is 214 g/mol. The molecule has 17 heavy (non-hydrogen) atoms. The van der Waals surface area contributed by atoms with Crippen molar-refractivity contribution in [3.8, 4) is 11.5 Å². The fraction of sp³-hybridized carbons (Fsp3) is 0.571. The van der Waals surface area contributed by atoms with E-state index in [0.717, 1.165) is 24.3 Å². The standard InChI is InChI=1S/C14H23NO2/c1-14(2,7-8-15)10-11-5-6-12(16-3)9-13(11)17-4/h5-6,9H,7-8,10,15H2,1-4H3. The maximum atomic E-state index is 5.63. The molecule has 2 N–H and O–H groups in total. The Morgan fingerprint density at radius 3 is 2.41 bits per heavy atom. The molecule has 0 unspecified atom stereocenters. The highest BCUT2D eigenvalue weighted by Gasteiger charge is 2.19. The lowest BCUT2D eigenvalue weighted by Crippen LogP contribution is -2.20. The Kier molecular flexibility index (Phi) is 4.82. The highest BCUT2D eigenvalue weighted by Crippen LogP contribution is 2.32. The van der Waals surface area contributed by atoms with Crippen molar-refractivity contribution >= 4 is 0 Å². The second-order valence-electron chi connectivity index (χ2n) is 5.06. The average Bonchev–Trinajstić information content (AvgIpc) is 2.29. The van der Waals surface area contributed by atoms with Crippen LogP contribution in [0.25, 0.3) is 0 Å². The van der Waals surface area contributed by atoms with Gasteiger partial charge in [-0.25, -0.2) is 0 Å². The third-order valence-electron chi connectivity index (χ3n) is 2.98. The fourth-order valence-electron chi connectivity index (χ4n) is 1.99. The van der Waals surface area contributed by atoms with Gasteiger partial charge in [0.2, 0.25) is 0 Å². The van der Waals surface area contributed by atoms with Crippen LogP contribution < -0.4 is 15.2 Å². The van der Waals surface area contributed by atoms with Crippen molar-refractivity contribution in [1.82, 2.24) is 0 Å². The van der Waals surface area contributed by atoms with Gasteiger partial charge in [-0.15, -0.1) is 0 Å².